The molecule has 3 nitrogen and oxygen atoms in total. The van der Waals surface area contributed by atoms with Crippen LogP contribution >= 0.6 is 0 Å². The first-order valence-electron chi connectivity index (χ1n) is 5.95. The van der Waals surface area contributed by atoms with Crippen molar-refractivity contribution in [2.24, 2.45) is 0 Å². The second-order valence-electron chi connectivity index (χ2n) is 4.54. The summed E-state index contributed by atoms with van der Waals surface area (Å²) in [6.45, 7) is 2.56. The van der Waals surface area contributed by atoms with Gasteiger partial charge in [-0.1, -0.05) is 26.0 Å². The molecule has 2 N–H and O–H groups in total. The van der Waals surface area contributed by atoms with Gasteiger partial charge >= 0.3 is 6.18 Å². The van der Waals surface area contributed by atoms with Crippen molar-refractivity contribution in [3.8, 4) is 0 Å². The Hall–Kier alpha value is -1.56. The van der Waals surface area contributed by atoms with Gasteiger partial charge < -0.3 is 10.6 Å². The van der Waals surface area contributed by atoms with Gasteiger partial charge in [-0.2, -0.15) is 13.2 Å². The Morgan fingerprint density at radius 2 is 1.79 bits per heavy atom. The third-order valence-corrected chi connectivity index (χ3v) is 2.47. The molecule has 6 heteroatoms. The first kappa shape index (κ1) is 15.5. The summed E-state index contributed by atoms with van der Waals surface area (Å²) >= 11 is 0. The van der Waals surface area contributed by atoms with Crippen molar-refractivity contribution in [3.63, 3.8) is 0 Å². The molecule has 1 aromatic rings. The predicted octanol–water partition coefficient (Wildman–Crippen LogP) is 2.90. The number of anilines is 1. The SMILES string of the molecule is CC(C)c1ccc(NC(=O)CNCC(F)(F)F)cc1. The summed E-state index contributed by atoms with van der Waals surface area (Å²) in [7, 11) is 0. The molecule has 0 aliphatic heterocycles. The van der Waals surface area contributed by atoms with Gasteiger partial charge in [0.05, 0.1) is 13.1 Å². The van der Waals surface area contributed by atoms with Gasteiger partial charge in [0, 0.05) is 5.69 Å². The zero-order valence-corrected chi connectivity index (χ0v) is 10.8. The summed E-state index contributed by atoms with van der Waals surface area (Å²) in [4.78, 5) is 11.4. The topological polar surface area (TPSA) is 41.1 Å². The number of rotatable bonds is 5. The van der Waals surface area contributed by atoms with Crippen molar-refractivity contribution >= 4 is 11.6 Å². The smallest absolute Gasteiger partial charge is 0.325 e. The number of carbonyl (C=O) groups is 1. The van der Waals surface area contributed by atoms with Crippen molar-refractivity contribution in [3.05, 3.63) is 29.8 Å². The molecule has 0 aliphatic rings. The van der Waals surface area contributed by atoms with Crippen molar-refractivity contribution in [2.75, 3.05) is 18.4 Å². The number of hydrogen-bond acceptors (Lipinski definition) is 2. The molecule has 1 rings (SSSR count). The molecular weight excluding hydrogens is 257 g/mol. The van der Waals surface area contributed by atoms with Gasteiger partial charge in [-0.05, 0) is 23.6 Å². The van der Waals surface area contributed by atoms with Crippen LogP contribution in [0.2, 0.25) is 0 Å². The van der Waals surface area contributed by atoms with Crippen LogP contribution in [-0.4, -0.2) is 25.2 Å². The molecule has 19 heavy (non-hydrogen) atoms. The lowest BCUT2D eigenvalue weighted by Crippen LogP contribution is -2.35. The minimum atomic E-state index is -4.31. The molecular formula is C13H17F3N2O. The van der Waals surface area contributed by atoms with E-state index in [0.717, 1.165) is 5.56 Å². The van der Waals surface area contributed by atoms with Gasteiger partial charge in [-0.25, -0.2) is 0 Å². The normalized spacial score (nSPS) is 11.7. The molecule has 0 bridgehead atoms. The molecule has 0 fully saturated rings. The molecule has 0 aromatic heterocycles. The van der Waals surface area contributed by atoms with E-state index in [4.69, 9.17) is 0 Å². The lowest BCUT2D eigenvalue weighted by Gasteiger charge is -2.10. The highest BCUT2D eigenvalue weighted by Crippen LogP contribution is 2.17. The molecule has 0 unspecified atom stereocenters. The standard InChI is InChI=1S/C13H17F3N2O/c1-9(2)10-3-5-11(6-4-10)18-12(19)7-17-8-13(14,15)16/h3-6,9,17H,7-8H2,1-2H3,(H,18,19). The number of alkyl halides is 3. The van der Waals surface area contributed by atoms with E-state index in [1.165, 1.54) is 0 Å². The Balaban J connectivity index is 2.40. The summed E-state index contributed by atoms with van der Waals surface area (Å²) in [6, 6.07) is 7.22. The highest BCUT2D eigenvalue weighted by Gasteiger charge is 2.26. The van der Waals surface area contributed by atoms with Crippen LogP contribution in [0.5, 0.6) is 0 Å². The molecule has 0 heterocycles. The number of benzene rings is 1. The molecule has 0 atom stereocenters. The Morgan fingerprint density at radius 3 is 2.26 bits per heavy atom. The maximum absolute atomic E-state index is 11.9. The summed E-state index contributed by atoms with van der Waals surface area (Å²) < 4.78 is 35.6. The molecule has 1 aromatic carbocycles. The van der Waals surface area contributed by atoms with Crippen LogP contribution in [0.3, 0.4) is 0 Å². The van der Waals surface area contributed by atoms with Crippen LogP contribution in [0.15, 0.2) is 24.3 Å². The van der Waals surface area contributed by atoms with E-state index >= 15 is 0 Å². The quantitative estimate of drug-likeness (QED) is 0.866. The number of halogens is 3. The fourth-order valence-electron chi connectivity index (χ4n) is 1.47. The first-order chi connectivity index (χ1) is 8.78. The van der Waals surface area contributed by atoms with Gasteiger partial charge in [0.25, 0.3) is 0 Å². The zero-order chi connectivity index (χ0) is 14.5. The maximum Gasteiger partial charge on any atom is 0.401 e. The highest BCUT2D eigenvalue weighted by molar-refractivity contribution is 5.92. The Bertz CT molecular complexity index is 413. The molecule has 0 saturated carbocycles. The fraction of sp³-hybridized carbons (Fsp3) is 0.462. The van der Waals surface area contributed by atoms with E-state index in [0.29, 0.717) is 11.6 Å². The van der Waals surface area contributed by atoms with Gasteiger partial charge in [-0.15, -0.1) is 0 Å². The minimum absolute atomic E-state index is 0.370. The number of hydrogen-bond donors (Lipinski definition) is 2. The van der Waals surface area contributed by atoms with Gasteiger partial charge in [-0.3, -0.25) is 4.79 Å². The van der Waals surface area contributed by atoms with Crippen molar-refractivity contribution < 1.29 is 18.0 Å². The average Bonchev–Trinajstić information content (AvgIpc) is 2.27. The van der Waals surface area contributed by atoms with Gasteiger partial charge in [0.2, 0.25) is 5.91 Å². The van der Waals surface area contributed by atoms with E-state index in [2.05, 4.69) is 19.2 Å². The molecule has 0 radical (unpaired) electrons. The van der Waals surface area contributed by atoms with E-state index in [9.17, 15) is 18.0 Å². The molecule has 0 aliphatic carbocycles. The summed E-state index contributed by atoms with van der Waals surface area (Å²) in [6.07, 6.45) is -4.31. The minimum Gasteiger partial charge on any atom is -0.325 e. The van der Waals surface area contributed by atoms with Crippen LogP contribution in [0, 0.1) is 0 Å². The van der Waals surface area contributed by atoms with E-state index in [-0.39, 0.29) is 6.54 Å². The predicted molar refractivity (Wildman–Crippen MR) is 68.1 cm³/mol. The second-order valence-corrected chi connectivity index (χ2v) is 4.54. The van der Waals surface area contributed by atoms with Crippen molar-refractivity contribution in [1.82, 2.24) is 5.32 Å². The van der Waals surface area contributed by atoms with E-state index < -0.39 is 18.6 Å². The van der Waals surface area contributed by atoms with Crippen LogP contribution in [0.25, 0.3) is 0 Å². The average molecular weight is 274 g/mol. The molecule has 1 amide bonds. The van der Waals surface area contributed by atoms with Gasteiger partial charge in [0.1, 0.15) is 0 Å². The maximum atomic E-state index is 11.9. The number of nitrogens with one attached hydrogen (secondary N) is 2. The van der Waals surface area contributed by atoms with Gasteiger partial charge in [0.15, 0.2) is 0 Å². The Kier molecular flexibility index (Phi) is 5.35. The summed E-state index contributed by atoms with van der Waals surface area (Å²) in [5.41, 5.74) is 1.71. The van der Waals surface area contributed by atoms with Crippen LogP contribution < -0.4 is 10.6 Å². The third kappa shape index (κ3) is 6.24. The third-order valence-electron chi connectivity index (χ3n) is 2.47. The van der Waals surface area contributed by atoms with Crippen LogP contribution in [0.1, 0.15) is 25.3 Å². The Labute approximate surface area is 110 Å². The van der Waals surface area contributed by atoms with Crippen molar-refractivity contribution in [1.29, 1.82) is 0 Å². The highest BCUT2D eigenvalue weighted by atomic mass is 19.4. The van der Waals surface area contributed by atoms with Crippen molar-refractivity contribution in [2.45, 2.75) is 25.9 Å². The van der Waals surface area contributed by atoms with Crippen LogP contribution in [-0.2, 0) is 4.79 Å². The number of carbonyl (C=O) groups excluding carboxylic acids is 1. The fourth-order valence-corrected chi connectivity index (χ4v) is 1.47. The molecule has 0 spiro atoms. The second kappa shape index (κ2) is 6.56. The largest absolute Gasteiger partial charge is 0.401 e. The van der Waals surface area contributed by atoms with E-state index in [1.807, 2.05) is 17.4 Å². The summed E-state index contributed by atoms with van der Waals surface area (Å²) in [5, 5.41) is 4.56. The molecule has 0 saturated heterocycles. The first-order valence-corrected chi connectivity index (χ1v) is 5.95. The zero-order valence-electron chi connectivity index (χ0n) is 10.8. The Morgan fingerprint density at radius 1 is 1.21 bits per heavy atom. The summed E-state index contributed by atoms with van der Waals surface area (Å²) in [5.74, 6) is -0.111. The lowest BCUT2D eigenvalue weighted by molar-refractivity contribution is -0.126. The van der Waals surface area contributed by atoms with Crippen LogP contribution in [0.4, 0.5) is 18.9 Å². The lowest BCUT2D eigenvalue weighted by atomic mass is 10.0. The number of amides is 1. The molecule has 106 valence electrons. The van der Waals surface area contributed by atoms with E-state index in [1.54, 1.807) is 12.1 Å². The monoisotopic (exact) mass is 274 g/mol.